The molecule has 0 aliphatic carbocycles. The number of halogens is 2. The van der Waals surface area contributed by atoms with Crippen molar-refractivity contribution in [3.63, 3.8) is 0 Å². The fraction of sp³-hybridized carbons (Fsp3) is 0.333. The Morgan fingerprint density at radius 2 is 1.40 bits per heavy atom. The van der Waals surface area contributed by atoms with Crippen LogP contribution in [0.15, 0.2) is 73.8 Å². The van der Waals surface area contributed by atoms with Crippen molar-refractivity contribution in [3.8, 4) is 11.5 Å². The van der Waals surface area contributed by atoms with Crippen molar-refractivity contribution in [2.24, 2.45) is 0 Å². The van der Waals surface area contributed by atoms with Crippen molar-refractivity contribution in [2.45, 2.75) is 25.5 Å². The fourth-order valence-electron chi connectivity index (χ4n) is 3.48. The van der Waals surface area contributed by atoms with Crippen LogP contribution in [0.1, 0.15) is 18.4 Å². The van der Waals surface area contributed by atoms with Gasteiger partial charge in [-0.25, -0.2) is 23.2 Å². The van der Waals surface area contributed by atoms with E-state index in [0.29, 0.717) is 11.3 Å². The Morgan fingerprint density at radius 3 is 2.00 bits per heavy atom. The Labute approximate surface area is 248 Å². The molecule has 43 heavy (non-hydrogen) atoms. The number of nitrogens with zero attached hydrogens (tertiary/aromatic N) is 1. The smallest absolute Gasteiger partial charge is 0.461 e. The van der Waals surface area contributed by atoms with E-state index in [1.165, 1.54) is 41.3 Å². The van der Waals surface area contributed by atoms with Crippen LogP contribution in [0.5, 0.6) is 11.5 Å². The highest BCUT2D eigenvalue weighted by Gasteiger charge is 2.24. The van der Waals surface area contributed by atoms with Gasteiger partial charge in [-0.3, -0.25) is 4.79 Å². The van der Waals surface area contributed by atoms with Gasteiger partial charge in [-0.1, -0.05) is 37.4 Å². The van der Waals surface area contributed by atoms with Crippen molar-refractivity contribution < 1.29 is 51.6 Å². The average Bonchev–Trinajstić information content (AvgIpc) is 3.00. The molecule has 0 unspecified atom stereocenters. The first kappa shape index (κ1) is 34.3. The molecule has 1 atom stereocenters. The second-order valence-corrected chi connectivity index (χ2v) is 8.66. The standard InChI is InChI=1S/C30H34F2N2O9/c1-3-19-39-27(35)14-13-26(28(36)40-20-4-2)33-29(37)42-24-9-5-22(6-10-24)21-41-30(38)43-25-11-7-23(8-12-25)34(17-15-31)18-16-32/h3-12,26H,1-2,13-21H2,(H,33,37)/t26-/m0/s1. The molecule has 1 amide bonds. The Kier molecular flexibility index (Phi) is 15.3. The number of benzene rings is 2. The summed E-state index contributed by atoms with van der Waals surface area (Å²) in [5, 5.41) is 2.37. The summed E-state index contributed by atoms with van der Waals surface area (Å²) in [5.74, 6) is -1.05. The number of rotatable bonds is 18. The van der Waals surface area contributed by atoms with Crippen LogP contribution in [-0.2, 0) is 30.4 Å². The quantitative estimate of drug-likeness (QED) is 0.109. The van der Waals surface area contributed by atoms with Crippen molar-refractivity contribution in [1.82, 2.24) is 5.32 Å². The summed E-state index contributed by atoms with van der Waals surface area (Å²) >= 11 is 0. The van der Waals surface area contributed by atoms with E-state index in [0.717, 1.165) is 0 Å². The molecule has 13 heteroatoms. The van der Waals surface area contributed by atoms with Gasteiger partial charge in [-0.05, 0) is 48.4 Å². The largest absolute Gasteiger partial charge is 0.514 e. The summed E-state index contributed by atoms with van der Waals surface area (Å²) in [6.45, 7) is 5.50. The fourth-order valence-corrected chi connectivity index (χ4v) is 3.48. The number of esters is 2. The lowest BCUT2D eigenvalue weighted by molar-refractivity contribution is -0.146. The molecule has 0 aliphatic rings. The van der Waals surface area contributed by atoms with Gasteiger partial charge < -0.3 is 33.9 Å². The average molecular weight is 605 g/mol. The van der Waals surface area contributed by atoms with E-state index in [1.54, 1.807) is 24.3 Å². The van der Waals surface area contributed by atoms with E-state index >= 15 is 0 Å². The third-order valence-corrected chi connectivity index (χ3v) is 5.52. The number of ether oxygens (including phenoxy) is 5. The molecule has 11 nitrogen and oxygen atoms in total. The van der Waals surface area contributed by atoms with Crippen LogP contribution < -0.4 is 19.7 Å². The first-order valence-electron chi connectivity index (χ1n) is 13.2. The molecule has 0 bridgehead atoms. The van der Waals surface area contributed by atoms with Gasteiger partial charge >= 0.3 is 24.2 Å². The molecule has 0 aliphatic heterocycles. The van der Waals surface area contributed by atoms with Gasteiger partial charge in [0.25, 0.3) is 0 Å². The molecular formula is C30H34F2N2O9. The van der Waals surface area contributed by atoms with Crippen LogP contribution in [0.3, 0.4) is 0 Å². The van der Waals surface area contributed by atoms with Crippen molar-refractivity contribution in [2.75, 3.05) is 44.6 Å². The Balaban J connectivity index is 1.85. The number of carbonyl (C=O) groups excluding carboxylic acids is 4. The highest BCUT2D eigenvalue weighted by molar-refractivity contribution is 5.83. The zero-order chi connectivity index (χ0) is 31.5. The molecule has 0 heterocycles. The second-order valence-electron chi connectivity index (χ2n) is 8.66. The molecule has 0 fully saturated rings. The summed E-state index contributed by atoms with van der Waals surface area (Å²) in [4.78, 5) is 50.1. The van der Waals surface area contributed by atoms with E-state index in [1.807, 2.05) is 0 Å². The van der Waals surface area contributed by atoms with E-state index in [-0.39, 0.29) is 57.3 Å². The lowest BCUT2D eigenvalue weighted by Gasteiger charge is -2.22. The minimum Gasteiger partial charge on any atom is -0.461 e. The molecule has 232 valence electrons. The Hall–Kier alpha value is -4.94. The Bertz CT molecular complexity index is 1200. The molecule has 0 saturated heterocycles. The van der Waals surface area contributed by atoms with Gasteiger partial charge in [-0.2, -0.15) is 0 Å². The molecule has 0 spiro atoms. The number of anilines is 1. The maximum absolute atomic E-state index is 12.7. The van der Waals surface area contributed by atoms with E-state index in [2.05, 4.69) is 18.5 Å². The number of hydrogen-bond acceptors (Lipinski definition) is 10. The summed E-state index contributed by atoms with van der Waals surface area (Å²) in [5.41, 5.74) is 1.14. The predicted octanol–water partition coefficient (Wildman–Crippen LogP) is 4.84. The van der Waals surface area contributed by atoms with Crippen LogP contribution in [-0.4, -0.2) is 69.9 Å². The van der Waals surface area contributed by atoms with Gasteiger partial charge in [0.1, 0.15) is 50.7 Å². The maximum Gasteiger partial charge on any atom is 0.514 e. The Morgan fingerprint density at radius 1 is 0.814 bits per heavy atom. The predicted molar refractivity (Wildman–Crippen MR) is 152 cm³/mol. The summed E-state index contributed by atoms with van der Waals surface area (Å²) < 4.78 is 50.6. The number of nitrogens with one attached hydrogen (secondary N) is 1. The number of amides is 1. The molecule has 0 saturated carbocycles. The zero-order valence-corrected chi connectivity index (χ0v) is 23.5. The third-order valence-electron chi connectivity index (χ3n) is 5.52. The number of hydrogen-bond donors (Lipinski definition) is 1. The van der Waals surface area contributed by atoms with Gasteiger partial charge in [0, 0.05) is 25.2 Å². The van der Waals surface area contributed by atoms with E-state index < -0.39 is 43.6 Å². The van der Waals surface area contributed by atoms with Gasteiger partial charge in [-0.15, -0.1) is 0 Å². The highest BCUT2D eigenvalue weighted by atomic mass is 19.1. The number of carbonyl (C=O) groups is 4. The van der Waals surface area contributed by atoms with Gasteiger partial charge in [0.15, 0.2) is 0 Å². The van der Waals surface area contributed by atoms with Gasteiger partial charge in [0.05, 0.1) is 0 Å². The van der Waals surface area contributed by atoms with Crippen molar-refractivity contribution in [3.05, 3.63) is 79.4 Å². The minimum absolute atomic E-state index is 0.0158. The first-order valence-corrected chi connectivity index (χ1v) is 13.2. The molecule has 1 N–H and O–H groups in total. The van der Waals surface area contributed by atoms with E-state index in [9.17, 15) is 28.0 Å². The zero-order valence-electron chi connectivity index (χ0n) is 23.5. The van der Waals surface area contributed by atoms with Crippen LogP contribution >= 0.6 is 0 Å². The topological polar surface area (TPSA) is 130 Å². The SMILES string of the molecule is C=CCOC(=O)CC[C@H](NC(=O)Oc1ccc(COC(=O)Oc2ccc(N(CCF)CCF)cc2)cc1)C(=O)OCC=C. The lowest BCUT2D eigenvalue weighted by atomic mass is 10.1. The lowest BCUT2D eigenvalue weighted by Crippen LogP contribution is -2.43. The van der Waals surface area contributed by atoms with Crippen LogP contribution in [0, 0.1) is 0 Å². The molecule has 2 aromatic carbocycles. The number of alkyl halides is 2. The summed E-state index contributed by atoms with van der Waals surface area (Å²) in [6, 6.07) is 10.9. The second kappa shape index (κ2) is 19.2. The van der Waals surface area contributed by atoms with Crippen LogP contribution in [0.4, 0.5) is 24.1 Å². The minimum atomic E-state index is -1.18. The van der Waals surface area contributed by atoms with Crippen molar-refractivity contribution >= 4 is 29.9 Å². The third kappa shape index (κ3) is 13.1. The summed E-state index contributed by atoms with van der Waals surface area (Å²) in [6.07, 6.45) is 0.571. The van der Waals surface area contributed by atoms with Gasteiger partial charge in [0.2, 0.25) is 0 Å². The highest BCUT2D eigenvalue weighted by Crippen LogP contribution is 2.20. The van der Waals surface area contributed by atoms with Crippen molar-refractivity contribution in [1.29, 1.82) is 0 Å². The molecule has 0 aromatic heterocycles. The molecule has 2 rings (SSSR count). The normalized spacial score (nSPS) is 10.9. The summed E-state index contributed by atoms with van der Waals surface area (Å²) in [7, 11) is 0. The first-order chi connectivity index (χ1) is 20.8. The molecule has 0 radical (unpaired) electrons. The van der Waals surface area contributed by atoms with Crippen LogP contribution in [0.2, 0.25) is 0 Å². The molecule has 2 aromatic rings. The van der Waals surface area contributed by atoms with Crippen LogP contribution in [0.25, 0.3) is 0 Å². The molecular weight excluding hydrogens is 570 g/mol. The maximum atomic E-state index is 12.7. The van der Waals surface area contributed by atoms with E-state index in [4.69, 9.17) is 23.7 Å². The monoisotopic (exact) mass is 604 g/mol.